The molecule has 0 aromatic heterocycles. The van der Waals surface area contributed by atoms with Gasteiger partial charge in [-0.3, -0.25) is 0 Å². The third-order valence-electron chi connectivity index (χ3n) is 2.37. The lowest BCUT2D eigenvalue weighted by Gasteiger charge is -2.16. The van der Waals surface area contributed by atoms with Crippen LogP contribution in [0, 0.1) is 0 Å². The predicted molar refractivity (Wildman–Crippen MR) is 64.6 cm³/mol. The molecule has 88 valence electrons. The second-order valence-electron chi connectivity index (χ2n) is 3.56. The molecule has 1 aromatic carbocycles. The number of aromatic hydroxyl groups is 1. The van der Waals surface area contributed by atoms with Gasteiger partial charge in [0.2, 0.25) is 0 Å². The van der Waals surface area contributed by atoms with Crippen molar-refractivity contribution < 1.29 is 15.0 Å². The van der Waals surface area contributed by atoms with Crippen molar-refractivity contribution in [2.75, 3.05) is 0 Å². The number of carboxylic acids is 1. The predicted octanol–water partition coefficient (Wildman–Crippen LogP) is 2.65. The lowest BCUT2D eigenvalue weighted by atomic mass is 9.96. The zero-order chi connectivity index (χ0) is 12.3. The van der Waals surface area contributed by atoms with Gasteiger partial charge in [0.25, 0.3) is 0 Å². The van der Waals surface area contributed by atoms with Crippen LogP contribution in [0.15, 0.2) is 16.6 Å². The molecule has 16 heavy (non-hydrogen) atoms. The van der Waals surface area contributed by atoms with Crippen LogP contribution in [0.25, 0.3) is 0 Å². The fraction of sp³-hybridized carbons (Fsp3) is 0.364. The maximum Gasteiger partial charge on any atom is 0.336 e. The van der Waals surface area contributed by atoms with Crippen molar-refractivity contribution in [3.63, 3.8) is 0 Å². The Morgan fingerprint density at radius 1 is 1.56 bits per heavy atom. The quantitative estimate of drug-likeness (QED) is 0.795. The van der Waals surface area contributed by atoms with Gasteiger partial charge in [0.15, 0.2) is 0 Å². The molecule has 0 aliphatic rings. The summed E-state index contributed by atoms with van der Waals surface area (Å²) in [6.07, 6.45) is 1.45. The molecular formula is C11H14BrNO3. The lowest BCUT2D eigenvalue weighted by Crippen LogP contribution is -2.15. The minimum absolute atomic E-state index is 0.0571. The monoisotopic (exact) mass is 287 g/mol. The second-order valence-corrected chi connectivity index (χ2v) is 4.41. The molecule has 0 spiro atoms. The number of carbonyl (C=O) groups is 1. The number of nitrogens with two attached hydrogens (primary N) is 1. The van der Waals surface area contributed by atoms with Crippen LogP contribution in [0.4, 0.5) is 0 Å². The Labute approximate surface area is 102 Å². The summed E-state index contributed by atoms with van der Waals surface area (Å²) in [5.74, 6) is -1.16. The summed E-state index contributed by atoms with van der Waals surface area (Å²) in [7, 11) is 0. The van der Waals surface area contributed by atoms with Crippen LogP contribution in [0.3, 0.4) is 0 Å². The first-order valence-corrected chi connectivity index (χ1v) is 5.78. The van der Waals surface area contributed by atoms with Crippen LogP contribution < -0.4 is 5.73 Å². The molecular weight excluding hydrogens is 274 g/mol. The summed E-state index contributed by atoms with van der Waals surface area (Å²) in [5.41, 5.74) is 6.22. The molecule has 0 bridgehead atoms. The third kappa shape index (κ3) is 2.54. The average Bonchev–Trinajstić information content (AvgIpc) is 2.21. The van der Waals surface area contributed by atoms with Crippen LogP contribution in [-0.4, -0.2) is 16.2 Å². The van der Waals surface area contributed by atoms with Gasteiger partial charge in [-0.2, -0.15) is 0 Å². The van der Waals surface area contributed by atoms with Gasteiger partial charge < -0.3 is 15.9 Å². The zero-order valence-corrected chi connectivity index (χ0v) is 10.5. The van der Waals surface area contributed by atoms with Crippen molar-refractivity contribution in [3.8, 4) is 5.75 Å². The van der Waals surface area contributed by atoms with Gasteiger partial charge in [0.05, 0.1) is 10.0 Å². The Hall–Kier alpha value is -1.07. The first-order chi connectivity index (χ1) is 7.49. The summed E-state index contributed by atoms with van der Waals surface area (Å²) >= 11 is 3.15. The van der Waals surface area contributed by atoms with Gasteiger partial charge >= 0.3 is 5.97 Å². The number of halogens is 1. The third-order valence-corrected chi connectivity index (χ3v) is 3.01. The van der Waals surface area contributed by atoms with E-state index in [0.717, 1.165) is 6.42 Å². The van der Waals surface area contributed by atoms with Crippen molar-refractivity contribution in [1.82, 2.24) is 0 Å². The lowest BCUT2D eigenvalue weighted by molar-refractivity contribution is 0.0694. The van der Waals surface area contributed by atoms with Crippen molar-refractivity contribution in [2.24, 2.45) is 5.73 Å². The molecule has 0 saturated heterocycles. The van der Waals surface area contributed by atoms with E-state index in [-0.39, 0.29) is 11.3 Å². The van der Waals surface area contributed by atoms with Gasteiger partial charge in [0, 0.05) is 11.6 Å². The molecule has 1 rings (SSSR count). The van der Waals surface area contributed by atoms with Gasteiger partial charge in [-0.05, 0) is 34.5 Å². The summed E-state index contributed by atoms with van der Waals surface area (Å²) in [5, 5.41) is 18.9. The number of hydrogen-bond donors (Lipinski definition) is 3. The Bertz CT molecular complexity index is 406. The molecule has 1 atom stereocenters. The standard InChI is InChI=1S/C11H14BrNO3/c1-2-3-8(13)9-6(11(15)16)4-5-7(12)10(9)14/h4-5,8,14H,2-3,13H2,1H3,(H,15,16)/t8-/m1/s1. The molecule has 0 unspecified atom stereocenters. The average molecular weight is 288 g/mol. The summed E-state index contributed by atoms with van der Waals surface area (Å²) in [6.45, 7) is 1.95. The second kappa shape index (κ2) is 5.32. The van der Waals surface area contributed by atoms with E-state index in [9.17, 15) is 9.90 Å². The fourth-order valence-electron chi connectivity index (χ4n) is 1.60. The van der Waals surface area contributed by atoms with E-state index in [1.165, 1.54) is 12.1 Å². The van der Waals surface area contributed by atoms with E-state index in [0.29, 0.717) is 16.5 Å². The van der Waals surface area contributed by atoms with E-state index in [2.05, 4.69) is 15.9 Å². The van der Waals surface area contributed by atoms with Crippen LogP contribution in [-0.2, 0) is 0 Å². The van der Waals surface area contributed by atoms with Crippen molar-refractivity contribution in [2.45, 2.75) is 25.8 Å². The maximum absolute atomic E-state index is 11.0. The van der Waals surface area contributed by atoms with E-state index in [1.807, 2.05) is 6.92 Å². The van der Waals surface area contributed by atoms with Crippen LogP contribution in [0.1, 0.15) is 41.7 Å². The van der Waals surface area contributed by atoms with E-state index in [1.54, 1.807) is 0 Å². The number of hydrogen-bond acceptors (Lipinski definition) is 3. The van der Waals surface area contributed by atoms with Gasteiger partial charge in [-0.1, -0.05) is 13.3 Å². The van der Waals surface area contributed by atoms with Crippen molar-refractivity contribution >= 4 is 21.9 Å². The van der Waals surface area contributed by atoms with E-state index >= 15 is 0 Å². The number of phenolic OH excluding ortho intramolecular Hbond substituents is 1. The number of benzene rings is 1. The molecule has 4 N–H and O–H groups in total. The largest absolute Gasteiger partial charge is 0.506 e. The molecule has 0 radical (unpaired) electrons. The fourth-order valence-corrected chi connectivity index (χ4v) is 1.94. The number of phenols is 1. The Kier molecular flexibility index (Phi) is 4.32. The van der Waals surface area contributed by atoms with Crippen LogP contribution in [0.5, 0.6) is 5.75 Å². The first-order valence-electron chi connectivity index (χ1n) is 4.99. The first kappa shape index (κ1) is 13.0. The van der Waals surface area contributed by atoms with Gasteiger partial charge in [-0.25, -0.2) is 4.79 Å². The smallest absolute Gasteiger partial charge is 0.336 e. The SMILES string of the molecule is CCC[C@@H](N)c1c(C(=O)O)ccc(Br)c1O. The van der Waals surface area contributed by atoms with E-state index in [4.69, 9.17) is 10.8 Å². The Morgan fingerprint density at radius 3 is 2.69 bits per heavy atom. The minimum atomic E-state index is -1.08. The Balaban J connectivity index is 3.31. The van der Waals surface area contributed by atoms with Crippen LogP contribution in [0.2, 0.25) is 0 Å². The molecule has 0 saturated carbocycles. The normalized spacial score (nSPS) is 12.4. The molecule has 0 fully saturated rings. The highest BCUT2D eigenvalue weighted by Gasteiger charge is 2.21. The molecule has 0 amide bonds. The highest BCUT2D eigenvalue weighted by molar-refractivity contribution is 9.10. The van der Waals surface area contributed by atoms with Crippen molar-refractivity contribution in [3.05, 3.63) is 27.7 Å². The number of aromatic carboxylic acids is 1. The highest BCUT2D eigenvalue weighted by Crippen LogP contribution is 2.35. The number of carboxylic acid groups (broad SMARTS) is 1. The highest BCUT2D eigenvalue weighted by atomic mass is 79.9. The van der Waals surface area contributed by atoms with Crippen LogP contribution >= 0.6 is 15.9 Å². The number of rotatable bonds is 4. The van der Waals surface area contributed by atoms with Gasteiger partial charge in [-0.15, -0.1) is 0 Å². The van der Waals surface area contributed by atoms with E-state index < -0.39 is 12.0 Å². The molecule has 0 aliphatic carbocycles. The molecule has 0 aliphatic heterocycles. The Morgan fingerprint density at radius 2 is 2.19 bits per heavy atom. The minimum Gasteiger partial charge on any atom is -0.506 e. The molecule has 5 heteroatoms. The molecule has 1 aromatic rings. The topological polar surface area (TPSA) is 83.6 Å². The van der Waals surface area contributed by atoms with Crippen molar-refractivity contribution in [1.29, 1.82) is 0 Å². The zero-order valence-electron chi connectivity index (χ0n) is 8.90. The molecule has 4 nitrogen and oxygen atoms in total. The molecule has 0 heterocycles. The summed E-state index contributed by atoms with van der Waals surface area (Å²) in [4.78, 5) is 11.0. The summed E-state index contributed by atoms with van der Waals surface area (Å²) in [6, 6.07) is 2.48. The van der Waals surface area contributed by atoms with Gasteiger partial charge in [0.1, 0.15) is 5.75 Å². The maximum atomic E-state index is 11.0. The summed E-state index contributed by atoms with van der Waals surface area (Å²) < 4.78 is 0.457.